The normalized spacial score (nSPS) is 18.6. The molecule has 0 aromatic carbocycles. The van der Waals surface area contributed by atoms with Crippen molar-refractivity contribution in [2.45, 2.75) is 32.1 Å². The molecule has 0 unspecified atom stereocenters. The molecule has 1 saturated heterocycles. The van der Waals surface area contributed by atoms with Gasteiger partial charge in [-0.2, -0.15) is 0 Å². The van der Waals surface area contributed by atoms with Gasteiger partial charge in [0.2, 0.25) is 0 Å². The van der Waals surface area contributed by atoms with E-state index < -0.39 is 5.97 Å². The summed E-state index contributed by atoms with van der Waals surface area (Å²) in [5.74, 6) is 2.35. The van der Waals surface area contributed by atoms with E-state index in [0.717, 1.165) is 45.3 Å². The van der Waals surface area contributed by atoms with E-state index in [4.69, 9.17) is 11.5 Å². The van der Waals surface area contributed by atoms with Crippen molar-refractivity contribution in [1.29, 1.82) is 0 Å². The van der Waals surface area contributed by atoms with Gasteiger partial charge in [0.05, 0.1) is 0 Å². The van der Waals surface area contributed by atoms with Gasteiger partial charge in [0.15, 0.2) is 0 Å². The number of carbonyl (C=O) groups is 1. The number of unbranched alkanes of at least 4 members (excludes halogenated alkanes) is 1. The van der Waals surface area contributed by atoms with Gasteiger partial charge in [0, 0.05) is 12.8 Å². The minimum absolute atomic E-state index is 0.332. The first kappa shape index (κ1) is 12.1. The van der Waals surface area contributed by atoms with Gasteiger partial charge >= 0.3 is 5.97 Å². The Morgan fingerprint density at radius 3 is 2.67 bits per heavy atom. The molecule has 1 aliphatic rings. The van der Waals surface area contributed by atoms with E-state index in [2.05, 4.69) is 10.8 Å². The third-order valence-corrected chi connectivity index (χ3v) is 2.97. The predicted octanol–water partition coefficient (Wildman–Crippen LogP) is 1.59. The topological polar surface area (TPSA) is 40.5 Å². The van der Waals surface area contributed by atoms with Gasteiger partial charge in [-0.05, 0) is 44.8 Å². The summed E-state index contributed by atoms with van der Waals surface area (Å²) in [6.07, 6.45) is 9.45. The third kappa shape index (κ3) is 4.85. The Morgan fingerprint density at radius 1 is 1.47 bits per heavy atom. The van der Waals surface area contributed by atoms with Gasteiger partial charge in [-0.3, -0.25) is 4.79 Å². The Kier molecular flexibility index (Phi) is 5.20. The fraction of sp³-hybridized carbons (Fsp3) is 0.750. The van der Waals surface area contributed by atoms with Gasteiger partial charge in [0.1, 0.15) is 0 Å². The predicted molar refractivity (Wildman–Crippen MR) is 59.5 cm³/mol. The maximum atomic E-state index is 10.5. The van der Waals surface area contributed by atoms with Crippen LogP contribution in [0.15, 0.2) is 0 Å². The highest BCUT2D eigenvalue weighted by atomic mass is 16.4. The monoisotopic (exact) mass is 209 g/mol. The fourth-order valence-corrected chi connectivity index (χ4v) is 2.07. The van der Waals surface area contributed by atoms with Crippen LogP contribution in [0.1, 0.15) is 32.1 Å². The van der Waals surface area contributed by atoms with Crippen LogP contribution in [-0.2, 0) is 4.79 Å². The molecule has 0 saturated carbocycles. The number of carboxylic acids is 1. The molecule has 1 fully saturated rings. The molecule has 15 heavy (non-hydrogen) atoms. The lowest BCUT2D eigenvalue weighted by atomic mass is 9.93. The number of nitrogens with zero attached hydrogens (tertiary/aromatic N) is 1. The van der Waals surface area contributed by atoms with Crippen molar-refractivity contribution < 1.29 is 9.90 Å². The van der Waals surface area contributed by atoms with Crippen molar-refractivity contribution >= 4 is 5.97 Å². The fourth-order valence-electron chi connectivity index (χ4n) is 2.07. The highest BCUT2D eigenvalue weighted by molar-refractivity contribution is 5.67. The first-order valence-electron chi connectivity index (χ1n) is 5.60. The lowest BCUT2D eigenvalue weighted by Crippen LogP contribution is -2.35. The Bertz CT molecular complexity index is 236. The molecule has 0 aliphatic carbocycles. The number of hydrogen-bond acceptors (Lipinski definition) is 2. The summed E-state index contributed by atoms with van der Waals surface area (Å²) in [5.41, 5.74) is 0. The largest absolute Gasteiger partial charge is 0.481 e. The molecule has 3 heteroatoms. The molecular weight excluding hydrogens is 190 g/mol. The van der Waals surface area contributed by atoms with E-state index in [1.165, 1.54) is 0 Å². The van der Waals surface area contributed by atoms with Crippen LogP contribution in [-0.4, -0.2) is 35.6 Å². The molecule has 1 rings (SSSR count). The number of hydrogen-bond donors (Lipinski definition) is 1. The van der Waals surface area contributed by atoms with E-state index in [1.807, 2.05) is 0 Å². The van der Waals surface area contributed by atoms with E-state index in [1.54, 1.807) is 0 Å². The Balaban J connectivity index is 2.13. The highest BCUT2D eigenvalue weighted by Crippen LogP contribution is 2.20. The second-order valence-corrected chi connectivity index (χ2v) is 4.19. The Hall–Kier alpha value is -1.01. The number of piperidine rings is 1. The van der Waals surface area contributed by atoms with Gasteiger partial charge in [-0.15, -0.1) is 12.3 Å². The number of carboxylic acid groups (broad SMARTS) is 1. The maximum Gasteiger partial charge on any atom is 0.303 e. The summed E-state index contributed by atoms with van der Waals surface area (Å²) in [6.45, 7) is 3.12. The van der Waals surface area contributed by atoms with E-state index in [-0.39, 0.29) is 0 Å². The SMILES string of the molecule is C#CCCCN1CCC(CC(=O)O)CC1. The van der Waals surface area contributed by atoms with Gasteiger partial charge < -0.3 is 10.0 Å². The third-order valence-electron chi connectivity index (χ3n) is 2.97. The summed E-state index contributed by atoms with van der Waals surface area (Å²) in [5, 5.41) is 8.67. The average Bonchev–Trinajstić information content (AvgIpc) is 2.20. The van der Waals surface area contributed by atoms with Crippen molar-refractivity contribution in [1.82, 2.24) is 4.90 Å². The first-order chi connectivity index (χ1) is 7.22. The smallest absolute Gasteiger partial charge is 0.303 e. The molecule has 0 spiro atoms. The molecule has 0 aromatic heterocycles. The molecular formula is C12H19NO2. The zero-order valence-electron chi connectivity index (χ0n) is 9.11. The van der Waals surface area contributed by atoms with Crippen LogP contribution >= 0.6 is 0 Å². The molecule has 84 valence electrons. The highest BCUT2D eigenvalue weighted by Gasteiger charge is 2.20. The van der Waals surface area contributed by atoms with Crippen LogP contribution in [0.2, 0.25) is 0 Å². The molecule has 1 aliphatic heterocycles. The second-order valence-electron chi connectivity index (χ2n) is 4.19. The molecule has 0 radical (unpaired) electrons. The van der Waals surface area contributed by atoms with Crippen molar-refractivity contribution in [3.05, 3.63) is 0 Å². The minimum atomic E-state index is -0.666. The number of rotatable bonds is 5. The molecule has 0 aromatic rings. The summed E-state index contributed by atoms with van der Waals surface area (Å²) in [6, 6.07) is 0. The molecule has 0 bridgehead atoms. The standard InChI is InChI=1S/C12H19NO2/c1-2-3-4-7-13-8-5-11(6-9-13)10-12(14)15/h1,11H,3-10H2,(H,14,15). The van der Waals surface area contributed by atoms with E-state index in [9.17, 15) is 4.79 Å². The van der Waals surface area contributed by atoms with Crippen molar-refractivity contribution in [2.75, 3.05) is 19.6 Å². The van der Waals surface area contributed by atoms with Crippen LogP contribution in [0.25, 0.3) is 0 Å². The number of terminal acetylenes is 1. The molecule has 1 heterocycles. The summed E-state index contributed by atoms with van der Waals surface area (Å²) in [4.78, 5) is 12.9. The van der Waals surface area contributed by atoms with Crippen molar-refractivity contribution in [3.8, 4) is 12.3 Å². The lowest BCUT2D eigenvalue weighted by Gasteiger charge is -2.31. The number of aliphatic carboxylic acids is 1. The summed E-state index contributed by atoms with van der Waals surface area (Å²) < 4.78 is 0. The Morgan fingerprint density at radius 2 is 2.13 bits per heavy atom. The Labute approximate surface area is 91.5 Å². The summed E-state index contributed by atoms with van der Waals surface area (Å²) in [7, 11) is 0. The summed E-state index contributed by atoms with van der Waals surface area (Å²) >= 11 is 0. The maximum absolute atomic E-state index is 10.5. The van der Waals surface area contributed by atoms with Crippen LogP contribution in [0.3, 0.4) is 0 Å². The van der Waals surface area contributed by atoms with Crippen LogP contribution in [0.4, 0.5) is 0 Å². The molecule has 0 amide bonds. The van der Waals surface area contributed by atoms with Gasteiger partial charge in [-0.25, -0.2) is 0 Å². The lowest BCUT2D eigenvalue weighted by molar-refractivity contribution is -0.138. The average molecular weight is 209 g/mol. The quantitative estimate of drug-likeness (QED) is 0.552. The van der Waals surface area contributed by atoms with E-state index in [0.29, 0.717) is 12.3 Å². The van der Waals surface area contributed by atoms with E-state index >= 15 is 0 Å². The second kappa shape index (κ2) is 6.47. The van der Waals surface area contributed by atoms with Crippen LogP contribution in [0, 0.1) is 18.3 Å². The zero-order chi connectivity index (χ0) is 11.1. The minimum Gasteiger partial charge on any atom is -0.481 e. The molecule has 1 N–H and O–H groups in total. The number of likely N-dealkylation sites (tertiary alicyclic amines) is 1. The zero-order valence-corrected chi connectivity index (χ0v) is 9.11. The van der Waals surface area contributed by atoms with Crippen LogP contribution in [0.5, 0.6) is 0 Å². The van der Waals surface area contributed by atoms with Gasteiger partial charge in [-0.1, -0.05) is 0 Å². The first-order valence-corrected chi connectivity index (χ1v) is 5.60. The van der Waals surface area contributed by atoms with Crippen molar-refractivity contribution in [3.63, 3.8) is 0 Å². The molecule has 0 atom stereocenters. The van der Waals surface area contributed by atoms with Gasteiger partial charge in [0.25, 0.3) is 0 Å². The van der Waals surface area contributed by atoms with Crippen LogP contribution < -0.4 is 0 Å². The molecule has 3 nitrogen and oxygen atoms in total. The van der Waals surface area contributed by atoms with Crippen molar-refractivity contribution in [2.24, 2.45) is 5.92 Å².